The molecule has 0 fully saturated rings. The molecule has 0 heterocycles. The number of hydrogen-bond acceptors (Lipinski definition) is 2. The smallest absolute Gasteiger partial charge is 1.00 e. The van der Waals surface area contributed by atoms with Crippen molar-refractivity contribution >= 4 is 5.97 Å². The average Bonchev–Trinajstić information content (AvgIpc) is 1.63. The first-order chi connectivity index (χ1) is 4.16. The fourth-order valence-corrected chi connectivity index (χ4v) is 0.518. The minimum absolute atomic E-state index is 0. The number of carbonyl (C=O) groups excluding carboxylic acids is 1. The van der Waals surface area contributed by atoms with E-state index in [-0.39, 0.29) is 52.1 Å². The second-order valence-corrected chi connectivity index (χ2v) is 1.71. The van der Waals surface area contributed by atoms with Gasteiger partial charge in [0.2, 0.25) is 0 Å². The Morgan fingerprint density at radius 3 is 2.36 bits per heavy atom. The van der Waals surface area contributed by atoms with Gasteiger partial charge in [-0.3, -0.25) is 4.79 Å². The first kappa shape index (κ1) is 17.5. The van der Waals surface area contributed by atoms with Crippen LogP contribution in [0.25, 0.3) is 0 Å². The molecule has 0 aliphatic rings. The van der Waals surface area contributed by atoms with Crippen molar-refractivity contribution in [3.8, 4) is 0 Å². The van der Waals surface area contributed by atoms with Gasteiger partial charge in [0.1, 0.15) is 6.10 Å². The Hall–Kier alpha value is 0.435. The summed E-state index contributed by atoms with van der Waals surface area (Å²) in [5.41, 5.74) is 0. The second kappa shape index (κ2) is 10.4. The van der Waals surface area contributed by atoms with Crippen LogP contribution in [0, 0.1) is 6.08 Å². The van der Waals surface area contributed by atoms with E-state index in [1.165, 1.54) is 6.92 Å². The molecule has 0 unspecified atom stereocenters. The maximum Gasteiger partial charge on any atom is 1.00 e. The van der Waals surface area contributed by atoms with Crippen LogP contribution in [0.4, 0.5) is 0 Å². The maximum absolute atomic E-state index is 10.3. The van der Waals surface area contributed by atoms with Crippen LogP contribution in [0.2, 0.25) is 0 Å². The predicted molar refractivity (Wildman–Crippen MR) is 34.7 cm³/mol. The van der Waals surface area contributed by atoms with Gasteiger partial charge in [-0.1, -0.05) is 6.08 Å². The predicted octanol–water partition coefficient (Wildman–Crippen LogP) is -1.68. The molecule has 0 rings (SSSR count). The molecule has 0 aromatic rings. The van der Waals surface area contributed by atoms with Gasteiger partial charge in [0.25, 0.3) is 0 Å². The van der Waals surface area contributed by atoms with Gasteiger partial charge < -0.3 is 17.1 Å². The molecular formula is C7H11ClHgO2. The Labute approximate surface area is 94.3 Å². The normalized spacial score (nSPS) is 11.2. The van der Waals surface area contributed by atoms with Crippen LogP contribution in [-0.2, 0) is 37.2 Å². The summed E-state index contributed by atoms with van der Waals surface area (Å²) in [6.07, 6.45) is 4.32. The van der Waals surface area contributed by atoms with E-state index in [4.69, 9.17) is 4.74 Å². The van der Waals surface area contributed by atoms with E-state index in [9.17, 15) is 4.79 Å². The molecule has 0 spiro atoms. The van der Waals surface area contributed by atoms with Gasteiger partial charge in [-0.05, 0) is 19.9 Å². The standard InChI is InChI=1S/C7H11O2.ClH.Hg/c1-4-5-6(2)9-7(3)8;;/h4,6H,1-3H3;1H;/q;;+1/p-1/t6-;;/m1../s1. The number of allylic oxidation sites excluding steroid dienone is 1. The fraction of sp³-hybridized carbons (Fsp3) is 0.571. The Morgan fingerprint density at radius 2 is 2.09 bits per heavy atom. The van der Waals surface area contributed by atoms with E-state index in [1.54, 1.807) is 13.0 Å². The molecule has 0 bridgehead atoms. The summed E-state index contributed by atoms with van der Waals surface area (Å²) in [5.74, 6) is -0.267. The number of rotatable bonds is 2. The van der Waals surface area contributed by atoms with Crippen LogP contribution in [0.3, 0.4) is 0 Å². The Kier molecular flexibility index (Phi) is 16.6. The zero-order chi connectivity index (χ0) is 7.28. The van der Waals surface area contributed by atoms with Crippen molar-refractivity contribution in [2.45, 2.75) is 26.9 Å². The molecule has 1 atom stereocenters. The van der Waals surface area contributed by atoms with E-state index in [0.29, 0.717) is 0 Å². The molecule has 0 aliphatic carbocycles. The van der Waals surface area contributed by atoms with Crippen LogP contribution in [0.15, 0.2) is 6.08 Å². The average molecular weight is 363 g/mol. The first-order valence-electron chi connectivity index (χ1n) is 2.88. The largest absolute Gasteiger partial charge is 1.00 e. The number of halogens is 1. The quantitative estimate of drug-likeness (QED) is 0.433. The number of hydrogen-bond donors (Lipinski definition) is 0. The van der Waals surface area contributed by atoms with Crippen molar-refractivity contribution in [3.63, 3.8) is 0 Å². The molecule has 0 aromatic heterocycles. The Morgan fingerprint density at radius 1 is 1.64 bits per heavy atom. The second-order valence-electron chi connectivity index (χ2n) is 1.71. The monoisotopic (exact) mass is 364 g/mol. The van der Waals surface area contributed by atoms with Gasteiger partial charge in [-0.25, -0.2) is 0 Å². The van der Waals surface area contributed by atoms with E-state index in [0.717, 1.165) is 0 Å². The third-order valence-electron chi connectivity index (χ3n) is 0.744. The summed E-state index contributed by atoms with van der Waals surface area (Å²) in [6, 6.07) is 0. The summed E-state index contributed by atoms with van der Waals surface area (Å²) in [5, 5.41) is 0. The summed E-state index contributed by atoms with van der Waals surface area (Å²) in [6.45, 7) is 4.98. The number of ether oxygens (including phenoxy) is 1. The van der Waals surface area contributed by atoms with Crippen LogP contribution in [-0.4, -0.2) is 12.1 Å². The van der Waals surface area contributed by atoms with E-state index in [1.807, 2.05) is 6.92 Å². The van der Waals surface area contributed by atoms with Gasteiger partial charge in [0.15, 0.2) is 0 Å². The molecular weight excluding hydrogens is 352 g/mol. The molecule has 11 heavy (non-hydrogen) atoms. The topological polar surface area (TPSA) is 26.3 Å². The third-order valence-corrected chi connectivity index (χ3v) is 0.744. The molecule has 0 aliphatic heterocycles. The van der Waals surface area contributed by atoms with Crippen molar-refractivity contribution < 1.29 is 49.6 Å². The summed E-state index contributed by atoms with van der Waals surface area (Å²) in [4.78, 5) is 10.3. The van der Waals surface area contributed by atoms with Gasteiger partial charge >= 0.3 is 33.6 Å². The first-order valence-corrected chi connectivity index (χ1v) is 2.88. The number of carbonyl (C=O) groups is 1. The van der Waals surface area contributed by atoms with Gasteiger partial charge in [0.05, 0.1) is 0 Å². The maximum atomic E-state index is 10.3. The molecule has 4 heteroatoms. The minimum Gasteiger partial charge on any atom is -1.00 e. The number of esters is 1. The van der Waals surface area contributed by atoms with Crippen LogP contribution in [0.1, 0.15) is 20.8 Å². The summed E-state index contributed by atoms with van der Waals surface area (Å²) >= 11 is 0. The van der Waals surface area contributed by atoms with Crippen LogP contribution in [0.5, 0.6) is 0 Å². The van der Waals surface area contributed by atoms with Crippen LogP contribution < -0.4 is 12.4 Å². The molecule has 0 N–H and O–H groups in total. The Balaban J connectivity index is -0.000000320. The van der Waals surface area contributed by atoms with Crippen molar-refractivity contribution in [3.05, 3.63) is 12.2 Å². The Bertz CT molecular complexity index is 126. The van der Waals surface area contributed by atoms with E-state index in [2.05, 4.69) is 6.08 Å². The SMILES string of the molecule is CC=[C][C@@H](C)OC(C)=O.[Cl-].[Hg+]. The van der Waals surface area contributed by atoms with E-state index < -0.39 is 0 Å². The fourth-order valence-electron chi connectivity index (χ4n) is 0.518. The minimum atomic E-state index is -0.267. The zero-order valence-corrected chi connectivity index (χ0v) is 13.3. The molecule has 2 nitrogen and oxygen atoms in total. The molecule has 0 amide bonds. The zero-order valence-electron chi connectivity index (χ0n) is 7.06. The molecule has 0 saturated heterocycles. The molecule has 0 aromatic carbocycles. The third kappa shape index (κ3) is 13.4. The van der Waals surface area contributed by atoms with Crippen molar-refractivity contribution in [1.82, 2.24) is 0 Å². The summed E-state index contributed by atoms with van der Waals surface area (Å²) in [7, 11) is 0. The van der Waals surface area contributed by atoms with Gasteiger partial charge in [-0.15, -0.1) is 0 Å². The van der Waals surface area contributed by atoms with Gasteiger partial charge in [0, 0.05) is 6.92 Å². The van der Waals surface area contributed by atoms with Crippen molar-refractivity contribution in [1.29, 1.82) is 0 Å². The van der Waals surface area contributed by atoms with Crippen molar-refractivity contribution in [2.75, 3.05) is 0 Å². The van der Waals surface area contributed by atoms with Crippen LogP contribution >= 0.6 is 0 Å². The molecule has 0 saturated carbocycles. The summed E-state index contributed by atoms with van der Waals surface area (Å²) < 4.78 is 4.71. The van der Waals surface area contributed by atoms with E-state index >= 15 is 0 Å². The van der Waals surface area contributed by atoms with Gasteiger partial charge in [-0.2, -0.15) is 0 Å². The molecule has 60 valence electrons. The van der Waals surface area contributed by atoms with Crippen molar-refractivity contribution in [2.24, 2.45) is 0 Å². The molecule has 2 radical (unpaired) electrons.